The first kappa shape index (κ1) is 44.4. The van der Waals surface area contributed by atoms with E-state index in [-0.39, 0.29) is 33.2 Å². The summed E-state index contributed by atoms with van der Waals surface area (Å²) in [5.41, 5.74) is 2.36. The number of phenols is 2. The number of nitrogen functional groups attached to an aromatic ring is 1. The van der Waals surface area contributed by atoms with E-state index in [1.165, 1.54) is 26.0 Å². The van der Waals surface area contributed by atoms with Crippen molar-refractivity contribution < 1.29 is 65.1 Å². The number of nitrogens with two attached hydrogens (primary N) is 1. The van der Waals surface area contributed by atoms with Crippen LogP contribution in [0.1, 0.15) is 57.1 Å². The smallest absolute Gasteiger partial charge is 0.457 e. The number of alkyl halides is 9. The van der Waals surface area contributed by atoms with Crippen molar-refractivity contribution in [1.82, 2.24) is 0 Å². The molecule has 0 unspecified atom stereocenters. The van der Waals surface area contributed by atoms with Crippen molar-refractivity contribution in [2.24, 2.45) is 0 Å². The Morgan fingerprint density at radius 1 is 0.848 bits per heavy atom. The lowest BCUT2D eigenvalue weighted by molar-refractivity contribution is -0.139. The molecule has 2 aromatic carbocycles. The van der Waals surface area contributed by atoms with Gasteiger partial charge in [0.05, 0.1) is 17.4 Å². The summed E-state index contributed by atoms with van der Waals surface area (Å²) in [5.74, 6) is 3.01. The maximum atomic E-state index is 12.4. The number of ether oxygens (including phenoxy) is 1. The van der Waals surface area contributed by atoms with Crippen LogP contribution in [0.3, 0.4) is 0 Å². The fourth-order valence-electron chi connectivity index (χ4n) is 2.76. The predicted molar refractivity (Wildman–Crippen MR) is 165 cm³/mol. The second-order valence-electron chi connectivity index (χ2n) is 9.66. The van der Waals surface area contributed by atoms with Crippen LogP contribution < -0.4 is 5.73 Å². The standard InChI is InChI=1S/C8H6F3IO.C8H8F3NO.C5H10O2.C5H6O.C4H3F3.H2/c2*1-4-6(13)3-2-5(12)7(4)8(9,10)11;1-5(2,3)7-4-6;1-5-3-2-4-6-5;1-2-3-4(5,6)7;/h2-3,13H,1H3;2-3,13H,12H2,1H3;4H,1-3H3;2-4H,1H3;1H3;1H/i;;;;;1+1. The maximum absolute atomic E-state index is 12.4. The quantitative estimate of drug-likeness (QED) is 0.0567. The van der Waals surface area contributed by atoms with Gasteiger partial charge in [-0.15, -0.1) is 0 Å². The van der Waals surface area contributed by atoms with Gasteiger partial charge in [-0.05, 0) is 107 Å². The van der Waals surface area contributed by atoms with Gasteiger partial charge in [0.2, 0.25) is 0 Å². The van der Waals surface area contributed by atoms with Crippen LogP contribution in [0.4, 0.5) is 45.2 Å². The summed E-state index contributed by atoms with van der Waals surface area (Å²) in [6, 6.07) is 8.46. The summed E-state index contributed by atoms with van der Waals surface area (Å²) in [6.45, 7) is 11.4. The molecule has 0 spiro atoms. The van der Waals surface area contributed by atoms with Gasteiger partial charge in [-0.2, -0.15) is 39.5 Å². The first-order valence-corrected chi connectivity index (χ1v) is 13.6. The third-order valence-corrected chi connectivity index (χ3v) is 5.65. The highest BCUT2D eigenvalue weighted by atomic mass is 127. The van der Waals surface area contributed by atoms with E-state index in [1.807, 2.05) is 39.8 Å². The lowest BCUT2D eigenvalue weighted by Crippen LogP contribution is -2.17. The Labute approximate surface area is 275 Å². The Morgan fingerprint density at radius 3 is 1.52 bits per heavy atom. The molecular formula is C30H35F9INO5. The fourth-order valence-corrected chi connectivity index (χ4v) is 3.65. The third-order valence-electron chi connectivity index (χ3n) is 4.75. The molecule has 3 aromatic rings. The summed E-state index contributed by atoms with van der Waals surface area (Å²) in [7, 11) is 0. The first-order chi connectivity index (χ1) is 20.7. The molecule has 3 rings (SSSR count). The largest absolute Gasteiger partial charge is 0.508 e. The number of halogens is 10. The summed E-state index contributed by atoms with van der Waals surface area (Å²) in [5, 5.41) is 18.1. The monoisotopic (exact) mass is 788 g/mol. The minimum absolute atomic E-state index is 0. The molecule has 1 heterocycles. The first-order valence-electron chi connectivity index (χ1n) is 12.5. The van der Waals surface area contributed by atoms with Crippen LogP contribution in [-0.2, 0) is 21.9 Å². The number of aromatic hydroxyl groups is 2. The van der Waals surface area contributed by atoms with Gasteiger partial charge in [0.25, 0.3) is 6.47 Å². The number of hydrogen-bond donors (Lipinski definition) is 3. The van der Waals surface area contributed by atoms with E-state index >= 15 is 0 Å². The van der Waals surface area contributed by atoms with Gasteiger partial charge in [-0.25, -0.2) is 0 Å². The molecule has 16 heteroatoms. The van der Waals surface area contributed by atoms with Crippen molar-refractivity contribution in [1.29, 1.82) is 0 Å². The van der Waals surface area contributed by atoms with Gasteiger partial charge in [0.15, 0.2) is 0 Å². The summed E-state index contributed by atoms with van der Waals surface area (Å²) in [4.78, 5) is 9.60. The molecular weight excluding hydrogens is 752 g/mol. The Hall–Kier alpha value is -3.75. The highest BCUT2D eigenvalue weighted by Gasteiger charge is 2.36. The topological polar surface area (TPSA) is 106 Å². The summed E-state index contributed by atoms with van der Waals surface area (Å²) >= 11 is 1.60. The van der Waals surface area contributed by atoms with Crippen LogP contribution in [0.25, 0.3) is 0 Å². The second kappa shape index (κ2) is 19.0. The molecule has 0 aliphatic rings. The highest BCUT2D eigenvalue weighted by molar-refractivity contribution is 14.1. The number of furan rings is 1. The predicted octanol–water partition coefficient (Wildman–Crippen LogP) is 9.99. The fraction of sp³-hybridized carbons (Fsp3) is 0.367. The van der Waals surface area contributed by atoms with Crippen molar-refractivity contribution in [2.45, 2.75) is 72.6 Å². The molecule has 6 nitrogen and oxygen atoms in total. The zero-order chi connectivity index (χ0) is 36.7. The molecule has 260 valence electrons. The zero-order valence-corrected chi connectivity index (χ0v) is 27.8. The van der Waals surface area contributed by atoms with Crippen LogP contribution in [-0.4, -0.2) is 28.5 Å². The molecule has 0 aliphatic carbocycles. The van der Waals surface area contributed by atoms with Crippen molar-refractivity contribution in [3.63, 3.8) is 0 Å². The Balaban J connectivity index is -0.000000533. The van der Waals surface area contributed by atoms with Gasteiger partial charge in [-0.1, -0.05) is 5.92 Å². The van der Waals surface area contributed by atoms with Crippen LogP contribution in [0.5, 0.6) is 11.5 Å². The molecule has 1 aromatic heterocycles. The third kappa shape index (κ3) is 18.9. The average molecular weight is 789 g/mol. The summed E-state index contributed by atoms with van der Waals surface area (Å²) in [6.07, 6.45) is -11.6. The minimum Gasteiger partial charge on any atom is -0.508 e. The van der Waals surface area contributed by atoms with Gasteiger partial charge < -0.3 is 25.1 Å². The van der Waals surface area contributed by atoms with E-state index in [1.54, 1.807) is 34.8 Å². The number of carbonyl (C=O) groups is 1. The van der Waals surface area contributed by atoms with Crippen molar-refractivity contribution >= 4 is 34.8 Å². The Bertz CT molecular complexity index is 1360. The number of phenolic OH excluding ortho intramolecular Hbond substituents is 2. The van der Waals surface area contributed by atoms with Gasteiger partial charge in [0.1, 0.15) is 22.9 Å². The van der Waals surface area contributed by atoms with Gasteiger partial charge >= 0.3 is 18.5 Å². The number of benzene rings is 2. The van der Waals surface area contributed by atoms with Gasteiger partial charge in [0, 0.05) is 27.7 Å². The molecule has 0 atom stereocenters. The van der Waals surface area contributed by atoms with Crippen molar-refractivity contribution in [2.75, 3.05) is 5.73 Å². The van der Waals surface area contributed by atoms with Crippen molar-refractivity contribution in [3.8, 4) is 23.3 Å². The Kier molecular flexibility index (Phi) is 18.4. The number of anilines is 1. The SMILES string of the molecule is CC#CC(F)(F)F.CC(C)(C)OC=O.Cc1c(O)ccc(I)c1C(F)(F)F.Cc1c(O)ccc(N)c1C(F)(F)F.Cc1ccco1.[2HH]. The van der Waals surface area contributed by atoms with Gasteiger partial charge in [-0.3, -0.25) is 4.79 Å². The number of aryl methyl sites for hydroxylation is 1. The zero-order valence-electron chi connectivity index (χ0n) is 25.6. The highest BCUT2D eigenvalue weighted by Crippen LogP contribution is 2.39. The van der Waals surface area contributed by atoms with Crippen LogP contribution in [0.15, 0.2) is 47.1 Å². The Morgan fingerprint density at radius 2 is 1.30 bits per heavy atom. The molecule has 0 amide bonds. The minimum atomic E-state index is -4.52. The van der Waals surface area contributed by atoms with E-state index in [0.29, 0.717) is 6.47 Å². The molecule has 4 N–H and O–H groups in total. The molecule has 46 heavy (non-hydrogen) atoms. The van der Waals surface area contributed by atoms with Crippen molar-refractivity contribution in [3.05, 3.63) is 74.2 Å². The molecule has 0 saturated heterocycles. The van der Waals surface area contributed by atoms with Crippen LogP contribution >= 0.6 is 22.6 Å². The van der Waals surface area contributed by atoms with E-state index in [2.05, 4.69) is 4.74 Å². The molecule has 0 aliphatic heterocycles. The van der Waals surface area contributed by atoms with E-state index in [0.717, 1.165) is 30.7 Å². The summed E-state index contributed by atoms with van der Waals surface area (Å²) < 4.78 is 116. The molecule has 0 bridgehead atoms. The van der Waals surface area contributed by atoms with E-state index in [4.69, 9.17) is 20.4 Å². The number of rotatable bonds is 1. The van der Waals surface area contributed by atoms with E-state index < -0.39 is 35.4 Å². The number of carbonyl (C=O) groups excluding carboxylic acids is 1. The second-order valence-corrected chi connectivity index (χ2v) is 10.8. The lowest BCUT2D eigenvalue weighted by atomic mass is 10.1. The molecule has 0 fully saturated rings. The van der Waals surface area contributed by atoms with Crippen LogP contribution in [0, 0.1) is 36.2 Å². The average Bonchev–Trinajstić information content (AvgIpc) is 3.34. The molecule has 0 saturated carbocycles. The molecule has 0 radical (unpaired) electrons. The normalized spacial score (nSPS) is 10.9. The maximum Gasteiger partial charge on any atom is 0.457 e. The van der Waals surface area contributed by atoms with Crippen LogP contribution in [0.2, 0.25) is 0 Å². The lowest BCUT2D eigenvalue weighted by Gasteiger charge is -2.14. The number of hydrogen-bond acceptors (Lipinski definition) is 6. The van der Waals surface area contributed by atoms with E-state index in [9.17, 15) is 44.3 Å².